The van der Waals surface area contributed by atoms with E-state index in [0.29, 0.717) is 34.3 Å². The number of methoxy groups -OCH3 is 3. The first-order valence-electron chi connectivity index (χ1n) is 9.17. The molecule has 3 aromatic carbocycles. The van der Waals surface area contributed by atoms with E-state index >= 15 is 0 Å². The van der Waals surface area contributed by atoms with Crippen LogP contribution in [0.1, 0.15) is 0 Å². The lowest BCUT2D eigenvalue weighted by Crippen LogP contribution is -1.96. The van der Waals surface area contributed by atoms with Gasteiger partial charge in [-0.25, -0.2) is 0 Å². The van der Waals surface area contributed by atoms with Crippen molar-refractivity contribution in [2.45, 2.75) is 0 Å². The van der Waals surface area contributed by atoms with Crippen LogP contribution in [-0.4, -0.2) is 26.5 Å². The molecule has 0 atom stereocenters. The van der Waals surface area contributed by atoms with Gasteiger partial charge >= 0.3 is 0 Å². The number of aromatic nitrogens is 1. The number of rotatable bonds is 6. The first-order chi connectivity index (χ1) is 14.3. The lowest BCUT2D eigenvalue weighted by molar-refractivity contribution is 0.376. The molecular formula is C24H21NO4. The Bertz CT molecular complexity index is 1080. The highest BCUT2D eigenvalue weighted by molar-refractivity contribution is 5.93. The molecule has 0 saturated carbocycles. The minimum absolute atomic E-state index is 0.589. The second-order valence-electron chi connectivity index (χ2n) is 6.37. The van der Waals surface area contributed by atoms with E-state index in [1.54, 1.807) is 21.3 Å². The van der Waals surface area contributed by atoms with Gasteiger partial charge in [-0.05, 0) is 5.56 Å². The molecule has 0 saturated heterocycles. The standard InChI is InChI=1S/C24H21NO4/c1-26-18-14-19(27-2)22(20(15-18)28-3)23-21(16-10-6-4-7-11-16)24(29-25-23)17-12-8-5-9-13-17/h4-15H,1-3H3. The van der Waals surface area contributed by atoms with E-state index in [0.717, 1.165) is 16.7 Å². The average Bonchev–Trinajstić information content (AvgIpc) is 3.23. The van der Waals surface area contributed by atoms with E-state index in [4.69, 9.17) is 18.7 Å². The van der Waals surface area contributed by atoms with Crippen molar-refractivity contribution < 1.29 is 18.7 Å². The monoisotopic (exact) mass is 387 g/mol. The molecule has 0 N–H and O–H groups in total. The van der Waals surface area contributed by atoms with Crippen LogP contribution in [0.25, 0.3) is 33.7 Å². The second-order valence-corrected chi connectivity index (χ2v) is 6.37. The van der Waals surface area contributed by atoms with Crippen molar-refractivity contribution in [2.24, 2.45) is 0 Å². The van der Waals surface area contributed by atoms with Crippen molar-refractivity contribution >= 4 is 0 Å². The fourth-order valence-electron chi connectivity index (χ4n) is 3.36. The quantitative estimate of drug-likeness (QED) is 0.425. The topological polar surface area (TPSA) is 53.7 Å². The van der Waals surface area contributed by atoms with E-state index in [9.17, 15) is 0 Å². The Kier molecular flexibility index (Phi) is 5.20. The smallest absolute Gasteiger partial charge is 0.175 e. The fraction of sp³-hybridized carbons (Fsp3) is 0.125. The van der Waals surface area contributed by atoms with Crippen LogP contribution in [0.2, 0.25) is 0 Å². The molecule has 0 aliphatic carbocycles. The van der Waals surface area contributed by atoms with Crippen LogP contribution in [0, 0.1) is 0 Å². The summed E-state index contributed by atoms with van der Waals surface area (Å²) in [5, 5.41) is 4.44. The van der Waals surface area contributed by atoms with Crippen LogP contribution in [0.4, 0.5) is 0 Å². The Morgan fingerprint density at radius 3 is 1.72 bits per heavy atom. The maximum absolute atomic E-state index is 5.85. The van der Waals surface area contributed by atoms with Gasteiger partial charge in [0.1, 0.15) is 22.9 Å². The number of nitrogens with zero attached hydrogens (tertiary/aromatic N) is 1. The maximum atomic E-state index is 5.85. The molecule has 0 aliphatic heterocycles. The summed E-state index contributed by atoms with van der Waals surface area (Å²) in [6.07, 6.45) is 0. The van der Waals surface area contributed by atoms with Crippen LogP contribution in [0.5, 0.6) is 17.2 Å². The van der Waals surface area contributed by atoms with E-state index in [1.807, 2.05) is 72.8 Å². The van der Waals surface area contributed by atoms with Crippen molar-refractivity contribution in [1.82, 2.24) is 5.16 Å². The molecule has 0 unspecified atom stereocenters. The molecule has 29 heavy (non-hydrogen) atoms. The first-order valence-corrected chi connectivity index (χ1v) is 9.17. The van der Waals surface area contributed by atoms with Gasteiger partial charge in [-0.15, -0.1) is 0 Å². The summed E-state index contributed by atoms with van der Waals surface area (Å²) in [6.45, 7) is 0. The molecule has 4 aromatic rings. The Hall–Kier alpha value is -3.73. The second kappa shape index (κ2) is 8.10. The van der Waals surface area contributed by atoms with Crippen LogP contribution < -0.4 is 14.2 Å². The van der Waals surface area contributed by atoms with Crippen LogP contribution in [0.15, 0.2) is 77.3 Å². The van der Waals surface area contributed by atoms with Gasteiger partial charge in [-0.3, -0.25) is 0 Å². The van der Waals surface area contributed by atoms with Crippen molar-refractivity contribution in [1.29, 1.82) is 0 Å². The molecule has 5 heteroatoms. The summed E-state index contributed by atoms with van der Waals surface area (Å²) in [5.74, 6) is 2.50. The van der Waals surface area contributed by atoms with Gasteiger partial charge in [-0.2, -0.15) is 0 Å². The predicted molar refractivity (Wildman–Crippen MR) is 112 cm³/mol. The zero-order valence-corrected chi connectivity index (χ0v) is 16.5. The summed E-state index contributed by atoms with van der Waals surface area (Å²) in [4.78, 5) is 0. The van der Waals surface area contributed by atoms with Gasteiger partial charge in [-0.1, -0.05) is 65.8 Å². The maximum Gasteiger partial charge on any atom is 0.175 e. The fourth-order valence-corrected chi connectivity index (χ4v) is 3.36. The summed E-state index contributed by atoms with van der Waals surface area (Å²) >= 11 is 0. The Morgan fingerprint density at radius 2 is 1.21 bits per heavy atom. The van der Waals surface area contributed by atoms with Crippen molar-refractivity contribution in [3.05, 3.63) is 72.8 Å². The molecular weight excluding hydrogens is 366 g/mol. The SMILES string of the molecule is COc1cc(OC)c(-c2noc(-c3ccccc3)c2-c2ccccc2)c(OC)c1. The minimum Gasteiger partial charge on any atom is -0.496 e. The zero-order chi connectivity index (χ0) is 20.2. The van der Waals surface area contributed by atoms with Gasteiger partial charge in [0.05, 0.1) is 32.5 Å². The summed E-state index contributed by atoms with van der Waals surface area (Å²) in [7, 11) is 4.82. The highest BCUT2D eigenvalue weighted by Crippen LogP contribution is 2.47. The van der Waals surface area contributed by atoms with Crippen molar-refractivity contribution in [3.8, 4) is 51.0 Å². The highest BCUT2D eigenvalue weighted by Gasteiger charge is 2.26. The summed E-state index contributed by atoms with van der Waals surface area (Å²) in [5.41, 5.74) is 4.16. The van der Waals surface area contributed by atoms with Crippen LogP contribution in [-0.2, 0) is 0 Å². The number of benzene rings is 3. The molecule has 146 valence electrons. The van der Waals surface area contributed by atoms with Crippen LogP contribution >= 0.6 is 0 Å². The third kappa shape index (κ3) is 3.43. The Balaban J connectivity index is 2.03. The molecule has 1 heterocycles. The third-order valence-electron chi connectivity index (χ3n) is 4.74. The number of hydrogen-bond donors (Lipinski definition) is 0. The van der Waals surface area contributed by atoms with E-state index < -0.39 is 0 Å². The highest BCUT2D eigenvalue weighted by atomic mass is 16.5. The lowest BCUT2D eigenvalue weighted by atomic mass is 9.95. The van der Waals surface area contributed by atoms with Gasteiger partial charge in [0, 0.05) is 17.7 Å². The molecule has 0 bridgehead atoms. The first kappa shape index (κ1) is 18.6. The molecule has 0 radical (unpaired) electrons. The molecule has 0 spiro atoms. The Morgan fingerprint density at radius 1 is 0.655 bits per heavy atom. The minimum atomic E-state index is 0.589. The molecule has 0 aliphatic rings. The molecule has 0 fully saturated rings. The molecule has 4 rings (SSSR count). The Labute approximate surface area is 169 Å². The lowest BCUT2D eigenvalue weighted by Gasteiger charge is -2.14. The van der Waals surface area contributed by atoms with Crippen molar-refractivity contribution in [2.75, 3.05) is 21.3 Å². The van der Waals surface area contributed by atoms with E-state index in [2.05, 4.69) is 5.16 Å². The number of ether oxygens (including phenoxy) is 3. The number of hydrogen-bond acceptors (Lipinski definition) is 5. The van der Waals surface area contributed by atoms with E-state index in [1.165, 1.54) is 0 Å². The molecule has 0 amide bonds. The summed E-state index contributed by atoms with van der Waals surface area (Å²) in [6, 6.07) is 23.6. The average molecular weight is 387 g/mol. The summed E-state index contributed by atoms with van der Waals surface area (Å²) < 4.78 is 22.5. The van der Waals surface area contributed by atoms with Gasteiger partial charge in [0.15, 0.2) is 5.76 Å². The van der Waals surface area contributed by atoms with Gasteiger partial charge in [0.2, 0.25) is 0 Å². The third-order valence-corrected chi connectivity index (χ3v) is 4.74. The van der Waals surface area contributed by atoms with Crippen LogP contribution in [0.3, 0.4) is 0 Å². The van der Waals surface area contributed by atoms with Crippen molar-refractivity contribution in [3.63, 3.8) is 0 Å². The molecule has 1 aromatic heterocycles. The van der Waals surface area contributed by atoms with E-state index in [-0.39, 0.29) is 0 Å². The normalized spacial score (nSPS) is 10.6. The van der Waals surface area contributed by atoms with Gasteiger partial charge < -0.3 is 18.7 Å². The molecule has 5 nitrogen and oxygen atoms in total. The van der Waals surface area contributed by atoms with Gasteiger partial charge in [0.25, 0.3) is 0 Å². The predicted octanol–water partition coefficient (Wildman–Crippen LogP) is 5.70. The largest absolute Gasteiger partial charge is 0.496 e. The zero-order valence-electron chi connectivity index (χ0n) is 16.5.